The molecule has 0 aromatic carbocycles. The van der Waals surface area contributed by atoms with Gasteiger partial charge in [-0.25, -0.2) is 4.79 Å². The molecule has 0 saturated carbocycles. The van der Waals surface area contributed by atoms with Crippen LogP contribution in [-0.2, 0) is 32.6 Å². The number of hydrogen-bond donors (Lipinski definition) is 2. The van der Waals surface area contributed by atoms with Gasteiger partial charge >= 0.3 is 5.97 Å². The second-order valence-electron chi connectivity index (χ2n) is 4.06. The van der Waals surface area contributed by atoms with Gasteiger partial charge in [0.1, 0.15) is 6.04 Å². The molecule has 0 bridgehead atoms. The lowest BCUT2D eigenvalue weighted by Crippen LogP contribution is -2.43. The van der Waals surface area contributed by atoms with E-state index in [0.29, 0.717) is 5.75 Å². The molecule has 0 saturated heterocycles. The number of carbonyl (C=O) groups is 2. The SMILES string of the molecule is CCc1ccc(CS(=O)CC(NC(C)=O)C(=O)O)s1. The van der Waals surface area contributed by atoms with Crippen LogP contribution in [0.2, 0.25) is 0 Å². The summed E-state index contributed by atoms with van der Waals surface area (Å²) in [4.78, 5) is 24.0. The van der Waals surface area contributed by atoms with Crippen molar-refractivity contribution in [2.24, 2.45) is 0 Å². The third-order valence-electron chi connectivity index (χ3n) is 2.40. The molecule has 0 fully saturated rings. The van der Waals surface area contributed by atoms with Gasteiger partial charge in [-0.2, -0.15) is 0 Å². The molecule has 1 amide bonds. The maximum Gasteiger partial charge on any atom is 0.327 e. The van der Waals surface area contributed by atoms with E-state index < -0.39 is 28.7 Å². The maximum absolute atomic E-state index is 11.9. The molecule has 2 atom stereocenters. The highest BCUT2D eigenvalue weighted by atomic mass is 32.2. The highest BCUT2D eigenvalue weighted by Gasteiger charge is 2.21. The van der Waals surface area contributed by atoms with Crippen molar-refractivity contribution >= 4 is 34.0 Å². The summed E-state index contributed by atoms with van der Waals surface area (Å²) in [5.41, 5.74) is 0. The molecule has 19 heavy (non-hydrogen) atoms. The average molecular weight is 303 g/mol. The van der Waals surface area contributed by atoms with E-state index in [1.807, 2.05) is 19.1 Å². The monoisotopic (exact) mass is 303 g/mol. The summed E-state index contributed by atoms with van der Waals surface area (Å²) in [5.74, 6) is -1.35. The molecule has 1 aromatic rings. The molecule has 0 aliphatic rings. The topological polar surface area (TPSA) is 83.5 Å². The highest BCUT2D eigenvalue weighted by molar-refractivity contribution is 7.84. The van der Waals surface area contributed by atoms with Crippen LogP contribution in [0.3, 0.4) is 0 Å². The third kappa shape index (κ3) is 5.52. The minimum absolute atomic E-state index is 0.0751. The second kappa shape index (κ2) is 7.40. The Morgan fingerprint density at radius 3 is 2.53 bits per heavy atom. The van der Waals surface area contributed by atoms with Crippen LogP contribution in [0.5, 0.6) is 0 Å². The fourth-order valence-corrected chi connectivity index (χ4v) is 4.03. The number of aryl methyl sites for hydroxylation is 1. The van der Waals surface area contributed by atoms with Gasteiger partial charge in [-0.05, 0) is 18.6 Å². The molecule has 1 rings (SSSR count). The van der Waals surface area contributed by atoms with Crippen LogP contribution in [0, 0.1) is 0 Å². The Hall–Kier alpha value is -1.21. The van der Waals surface area contributed by atoms with E-state index >= 15 is 0 Å². The van der Waals surface area contributed by atoms with E-state index in [4.69, 9.17) is 5.11 Å². The van der Waals surface area contributed by atoms with E-state index in [0.717, 1.165) is 11.3 Å². The van der Waals surface area contributed by atoms with Crippen molar-refractivity contribution in [3.63, 3.8) is 0 Å². The molecule has 106 valence electrons. The zero-order valence-corrected chi connectivity index (χ0v) is 12.5. The standard InChI is InChI=1S/C12H17NO4S2/c1-3-9-4-5-10(18-9)6-19(17)7-11(12(15)16)13-8(2)14/h4-5,11H,3,6-7H2,1-2H3,(H,13,14)(H,15,16). The van der Waals surface area contributed by atoms with Crippen LogP contribution in [0.4, 0.5) is 0 Å². The number of rotatable bonds is 7. The van der Waals surface area contributed by atoms with Gasteiger partial charge in [0.2, 0.25) is 5.91 Å². The molecule has 0 radical (unpaired) electrons. The predicted octanol–water partition coefficient (Wildman–Crippen LogP) is 1.15. The van der Waals surface area contributed by atoms with Gasteiger partial charge in [-0.1, -0.05) is 6.92 Å². The quantitative estimate of drug-likeness (QED) is 0.791. The number of carboxylic acid groups (broad SMARTS) is 1. The zero-order valence-electron chi connectivity index (χ0n) is 10.8. The van der Waals surface area contributed by atoms with Gasteiger partial charge in [-0.15, -0.1) is 11.3 Å². The Bertz CT molecular complexity index is 484. The fourth-order valence-electron chi connectivity index (χ4n) is 1.51. The number of aliphatic carboxylic acids is 1. The maximum atomic E-state index is 11.9. The van der Waals surface area contributed by atoms with Crippen LogP contribution in [0.1, 0.15) is 23.6 Å². The fraction of sp³-hybridized carbons (Fsp3) is 0.500. The predicted molar refractivity (Wildman–Crippen MR) is 75.7 cm³/mol. The smallest absolute Gasteiger partial charge is 0.327 e. The van der Waals surface area contributed by atoms with E-state index in [2.05, 4.69) is 5.32 Å². The van der Waals surface area contributed by atoms with Gasteiger partial charge in [0, 0.05) is 27.5 Å². The van der Waals surface area contributed by atoms with Gasteiger partial charge in [0.15, 0.2) is 0 Å². The summed E-state index contributed by atoms with van der Waals surface area (Å²) in [6.45, 7) is 3.29. The third-order valence-corrected chi connectivity index (χ3v) is 5.15. The zero-order chi connectivity index (χ0) is 14.4. The summed E-state index contributed by atoms with van der Waals surface area (Å²) in [5, 5.41) is 11.2. The highest BCUT2D eigenvalue weighted by Crippen LogP contribution is 2.18. The molecule has 1 aromatic heterocycles. The van der Waals surface area contributed by atoms with Gasteiger partial charge in [-0.3, -0.25) is 9.00 Å². The molecular weight excluding hydrogens is 286 g/mol. The number of thiophene rings is 1. The Balaban J connectivity index is 2.57. The van der Waals surface area contributed by atoms with Gasteiger partial charge < -0.3 is 10.4 Å². The van der Waals surface area contributed by atoms with Crippen molar-refractivity contribution < 1.29 is 18.9 Å². The van der Waals surface area contributed by atoms with Crippen LogP contribution < -0.4 is 5.32 Å². The number of nitrogens with one attached hydrogen (secondary N) is 1. The minimum atomic E-state index is -1.31. The largest absolute Gasteiger partial charge is 0.480 e. The van der Waals surface area contributed by atoms with Gasteiger partial charge in [0.05, 0.1) is 11.5 Å². The normalized spacial score (nSPS) is 13.8. The molecular formula is C12H17NO4S2. The Labute approximate surface area is 118 Å². The van der Waals surface area contributed by atoms with Crippen molar-refractivity contribution in [2.75, 3.05) is 5.75 Å². The lowest BCUT2D eigenvalue weighted by atomic mass is 10.3. The van der Waals surface area contributed by atoms with Crippen LogP contribution >= 0.6 is 11.3 Å². The van der Waals surface area contributed by atoms with Gasteiger partial charge in [0.25, 0.3) is 0 Å². The summed E-state index contributed by atoms with van der Waals surface area (Å²) < 4.78 is 11.9. The van der Waals surface area contributed by atoms with Crippen LogP contribution in [0.15, 0.2) is 12.1 Å². The Kier molecular flexibility index (Phi) is 6.17. The summed E-state index contributed by atoms with van der Waals surface area (Å²) in [7, 11) is -1.31. The number of carbonyl (C=O) groups excluding carboxylic acids is 1. The van der Waals surface area contributed by atoms with Crippen molar-refractivity contribution in [2.45, 2.75) is 32.1 Å². The van der Waals surface area contributed by atoms with Crippen molar-refractivity contribution in [3.05, 3.63) is 21.9 Å². The molecule has 0 aliphatic carbocycles. The van der Waals surface area contributed by atoms with Crippen molar-refractivity contribution in [3.8, 4) is 0 Å². The average Bonchev–Trinajstić information content (AvgIpc) is 2.75. The van der Waals surface area contributed by atoms with Crippen molar-refractivity contribution in [1.29, 1.82) is 0 Å². The first-order valence-electron chi connectivity index (χ1n) is 5.84. The molecule has 7 heteroatoms. The van der Waals surface area contributed by atoms with E-state index in [-0.39, 0.29) is 5.75 Å². The Morgan fingerprint density at radius 1 is 1.42 bits per heavy atom. The van der Waals surface area contributed by atoms with E-state index in [1.54, 1.807) is 11.3 Å². The van der Waals surface area contributed by atoms with Crippen LogP contribution in [0.25, 0.3) is 0 Å². The number of carboxylic acids is 1. The first kappa shape index (κ1) is 15.8. The first-order valence-corrected chi connectivity index (χ1v) is 8.15. The Morgan fingerprint density at radius 2 is 2.05 bits per heavy atom. The number of amides is 1. The molecule has 2 N–H and O–H groups in total. The first-order chi connectivity index (χ1) is 8.92. The second-order valence-corrected chi connectivity index (χ2v) is 6.82. The minimum Gasteiger partial charge on any atom is -0.480 e. The molecule has 5 nitrogen and oxygen atoms in total. The number of hydrogen-bond acceptors (Lipinski definition) is 4. The van der Waals surface area contributed by atoms with E-state index in [9.17, 15) is 13.8 Å². The molecule has 0 spiro atoms. The van der Waals surface area contributed by atoms with Crippen molar-refractivity contribution in [1.82, 2.24) is 5.32 Å². The molecule has 1 heterocycles. The summed E-state index contributed by atoms with van der Waals surface area (Å²) >= 11 is 1.58. The van der Waals surface area contributed by atoms with E-state index in [1.165, 1.54) is 11.8 Å². The van der Waals surface area contributed by atoms with Crippen LogP contribution in [-0.4, -0.2) is 33.0 Å². The summed E-state index contributed by atoms with van der Waals surface area (Å²) in [6.07, 6.45) is 0.931. The molecule has 0 aliphatic heterocycles. The summed E-state index contributed by atoms with van der Waals surface area (Å²) in [6, 6.07) is 2.80. The lowest BCUT2D eigenvalue weighted by molar-refractivity contribution is -0.140. The lowest BCUT2D eigenvalue weighted by Gasteiger charge is -2.12. The molecule has 2 unspecified atom stereocenters.